The molecule has 4 aromatic rings. The molecule has 0 atom stereocenters. The first-order valence-corrected chi connectivity index (χ1v) is 10.3. The van der Waals surface area contributed by atoms with E-state index in [9.17, 15) is 14.0 Å². The Bertz CT molecular complexity index is 1270. The van der Waals surface area contributed by atoms with Gasteiger partial charge in [0.05, 0.1) is 17.6 Å². The highest BCUT2D eigenvalue weighted by molar-refractivity contribution is 6.02. The summed E-state index contributed by atoms with van der Waals surface area (Å²) in [6.45, 7) is 0.0301. The van der Waals surface area contributed by atoms with E-state index >= 15 is 0 Å². The lowest BCUT2D eigenvalue weighted by Crippen LogP contribution is -2.50. The summed E-state index contributed by atoms with van der Waals surface area (Å²) < 4.78 is 16.4. The minimum absolute atomic E-state index is 0.0301. The molecule has 8 heteroatoms. The Morgan fingerprint density at radius 3 is 2.12 bits per heavy atom. The average Bonchev–Trinajstić information content (AvgIpc) is 3.23. The minimum atomic E-state index is -1.35. The monoisotopic (exact) mass is 443 g/mol. The normalized spacial score (nSPS) is 11.0. The van der Waals surface area contributed by atoms with Crippen LogP contribution in [0.3, 0.4) is 0 Å². The maximum absolute atomic E-state index is 14.8. The van der Waals surface area contributed by atoms with Gasteiger partial charge in [-0.15, -0.1) is 0 Å². The van der Waals surface area contributed by atoms with E-state index in [4.69, 9.17) is 11.5 Å². The lowest BCUT2D eigenvalue weighted by Gasteiger charge is -2.14. The SMILES string of the molecule is NC(=O)C(NCc1cnn(-c2ccc(-c3ccccc3)cc2)c1-c1ccccc1F)C(N)=O. The summed E-state index contributed by atoms with van der Waals surface area (Å²) in [5, 5.41) is 7.19. The summed E-state index contributed by atoms with van der Waals surface area (Å²) >= 11 is 0. The number of nitrogens with zero attached hydrogens (tertiary/aromatic N) is 2. The van der Waals surface area contributed by atoms with Crippen molar-refractivity contribution in [1.29, 1.82) is 0 Å². The molecule has 0 aliphatic rings. The van der Waals surface area contributed by atoms with Gasteiger partial charge >= 0.3 is 0 Å². The van der Waals surface area contributed by atoms with Gasteiger partial charge in [0.2, 0.25) is 11.8 Å². The molecule has 1 aromatic heterocycles. The molecule has 0 unspecified atom stereocenters. The fourth-order valence-corrected chi connectivity index (χ4v) is 3.63. The van der Waals surface area contributed by atoms with Crippen LogP contribution in [0.1, 0.15) is 5.56 Å². The first-order valence-electron chi connectivity index (χ1n) is 10.3. The van der Waals surface area contributed by atoms with Gasteiger partial charge in [0.15, 0.2) is 6.04 Å². The van der Waals surface area contributed by atoms with E-state index < -0.39 is 23.7 Å². The summed E-state index contributed by atoms with van der Waals surface area (Å²) in [6.07, 6.45) is 1.55. The zero-order valence-corrected chi connectivity index (χ0v) is 17.6. The smallest absolute Gasteiger partial charge is 0.244 e. The second kappa shape index (κ2) is 9.46. The van der Waals surface area contributed by atoms with Crippen LogP contribution in [0.25, 0.3) is 28.1 Å². The third-order valence-corrected chi connectivity index (χ3v) is 5.26. The number of aromatic nitrogens is 2. The highest BCUT2D eigenvalue weighted by Crippen LogP contribution is 2.30. The molecule has 7 nitrogen and oxygen atoms in total. The fourth-order valence-electron chi connectivity index (χ4n) is 3.63. The summed E-state index contributed by atoms with van der Waals surface area (Å²) in [5.74, 6) is -2.21. The van der Waals surface area contributed by atoms with Gasteiger partial charge in [0.25, 0.3) is 0 Å². The molecule has 0 spiro atoms. The average molecular weight is 443 g/mol. The molecule has 166 valence electrons. The van der Waals surface area contributed by atoms with Crippen LogP contribution < -0.4 is 16.8 Å². The van der Waals surface area contributed by atoms with Crippen LogP contribution in [0.4, 0.5) is 4.39 Å². The quantitative estimate of drug-likeness (QED) is 0.363. The van der Waals surface area contributed by atoms with Crippen molar-refractivity contribution < 1.29 is 14.0 Å². The van der Waals surface area contributed by atoms with Crippen LogP contribution in [0.2, 0.25) is 0 Å². The number of hydrogen-bond acceptors (Lipinski definition) is 4. The molecule has 0 bridgehead atoms. The van der Waals surface area contributed by atoms with Crippen LogP contribution >= 0.6 is 0 Å². The topological polar surface area (TPSA) is 116 Å². The van der Waals surface area contributed by atoms with Gasteiger partial charge in [-0.05, 0) is 35.4 Å². The number of benzene rings is 3. The Morgan fingerprint density at radius 1 is 0.879 bits per heavy atom. The van der Waals surface area contributed by atoms with E-state index in [1.54, 1.807) is 29.1 Å². The largest absolute Gasteiger partial charge is 0.368 e. The third-order valence-electron chi connectivity index (χ3n) is 5.26. The Kier molecular flexibility index (Phi) is 6.28. The molecule has 33 heavy (non-hydrogen) atoms. The third kappa shape index (κ3) is 4.65. The van der Waals surface area contributed by atoms with E-state index in [1.807, 2.05) is 54.6 Å². The number of primary amides is 2. The zero-order chi connectivity index (χ0) is 23.4. The highest BCUT2D eigenvalue weighted by Gasteiger charge is 2.23. The van der Waals surface area contributed by atoms with E-state index in [1.165, 1.54) is 6.07 Å². The summed E-state index contributed by atoms with van der Waals surface area (Å²) in [4.78, 5) is 23.0. The second-order valence-electron chi connectivity index (χ2n) is 7.44. The van der Waals surface area contributed by atoms with Crippen molar-refractivity contribution in [3.63, 3.8) is 0 Å². The van der Waals surface area contributed by atoms with Gasteiger partial charge in [-0.2, -0.15) is 5.10 Å². The molecule has 0 saturated heterocycles. The first kappa shape index (κ1) is 21.9. The van der Waals surface area contributed by atoms with Crippen LogP contribution in [0.5, 0.6) is 0 Å². The predicted octanol–water partition coefficient (Wildman–Crippen LogP) is 2.77. The van der Waals surface area contributed by atoms with Gasteiger partial charge in [-0.3, -0.25) is 14.9 Å². The number of nitrogens with two attached hydrogens (primary N) is 2. The number of carbonyl (C=O) groups is 2. The number of hydrogen-bond donors (Lipinski definition) is 3. The molecule has 0 aliphatic heterocycles. The highest BCUT2D eigenvalue weighted by atomic mass is 19.1. The molecule has 0 saturated carbocycles. The molecule has 0 fully saturated rings. The number of amides is 2. The lowest BCUT2D eigenvalue weighted by molar-refractivity contribution is -0.128. The fraction of sp³-hybridized carbons (Fsp3) is 0.0800. The van der Waals surface area contributed by atoms with Crippen molar-refractivity contribution in [2.75, 3.05) is 0 Å². The Morgan fingerprint density at radius 2 is 1.48 bits per heavy atom. The first-order chi connectivity index (χ1) is 16.0. The molecular formula is C25H22FN5O2. The van der Waals surface area contributed by atoms with Gasteiger partial charge in [-0.25, -0.2) is 9.07 Å². The van der Waals surface area contributed by atoms with Crippen molar-refractivity contribution in [2.45, 2.75) is 12.6 Å². The van der Waals surface area contributed by atoms with Crippen molar-refractivity contribution in [3.05, 3.63) is 96.4 Å². The second-order valence-corrected chi connectivity index (χ2v) is 7.44. The lowest BCUT2D eigenvalue weighted by atomic mass is 10.0. The maximum Gasteiger partial charge on any atom is 0.244 e. The molecule has 1 heterocycles. The van der Waals surface area contributed by atoms with Gasteiger partial charge in [-0.1, -0.05) is 54.6 Å². The number of nitrogens with one attached hydrogen (secondary N) is 1. The minimum Gasteiger partial charge on any atom is -0.368 e. The van der Waals surface area contributed by atoms with Crippen LogP contribution in [0, 0.1) is 5.82 Å². The maximum atomic E-state index is 14.8. The van der Waals surface area contributed by atoms with Crippen molar-refractivity contribution in [1.82, 2.24) is 15.1 Å². The van der Waals surface area contributed by atoms with E-state index in [0.29, 0.717) is 16.8 Å². The van der Waals surface area contributed by atoms with Crippen LogP contribution in [0.15, 0.2) is 85.1 Å². The number of carbonyl (C=O) groups excluding carboxylic acids is 2. The van der Waals surface area contributed by atoms with Gasteiger partial charge < -0.3 is 11.5 Å². The molecule has 2 amide bonds. The van der Waals surface area contributed by atoms with Crippen LogP contribution in [-0.4, -0.2) is 27.6 Å². The molecule has 0 aliphatic carbocycles. The summed E-state index contributed by atoms with van der Waals surface area (Å²) in [5.41, 5.74) is 14.7. The molecule has 3 aromatic carbocycles. The van der Waals surface area contributed by atoms with Crippen molar-refractivity contribution >= 4 is 11.8 Å². The number of halogens is 1. The standard InChI is InChI=1S/C25H22FN5O2/c26-21-9-5-4-8-20(21)23-18(14-29-22(24(27)32)25(28)33)15-30-31(23)19-12-10-17(11-13-19)16-6-2-1-3-7-16/h1-13,15,22,29H,14H2,(H2,27,32)(H2,28,33). The van der Waals surface area contributed by atoms with E-state index in [0.717, 1.165) is 16.8 Å². The summed E-state index contributed by atoms with van der Waals surface area (Å²) in [7, 11) is 0. The van der Waals surface area contributed by atoms with Gasteiger partial charge in [0, 0.05) is 17.7 Å². The van der Waals surface area contributed by atoms with Gasteiger partial charge in [0.1, 0.15) is 5.82 Å². The summed E-state index contributed by atoms with van der Waals surface area (Å²) in [6, 6.07) is 22.6. The molecule has 4 rings (SSSR count). The Labute approximate surface area is 189 Å². The Hall–Kier alpha value is -4.30. The van der Waals surface area contributed by atoms with E-state index in [-0.39, 0.29) is 6.54 Å². The van der Waals surface area contributed by atoms with E-state index in [2.05, 4.69) is 10.4 Å². The zero-order valence-electron chi connectivity index (χ0n) is 17.6. The van der Waals surface area contributed by atoms with Crippen molar-refractivity contribution in [2.24, 2.45) is 11.5 Å². The Balaban J connectivity index is 1.74. The molecule has 5 N–H and O–H groups in total. The predicted molar refractivity (Wildman–Crippen MR) is 123 cm³/mol. The van der Waals surface area contributed by atoms with Crippen LogP contribution in [-0.2, 0) is 16.1 Å². The molecule has 0 radical (unpaired) electrons. The van der Waals surface area contributed by atoms with Crippen molar-refractivity contribution in [3.8, 4) is 28.1 Å². The number of rotatable bonds is 8. The molecular weight excluding hydrogens is 421 g/mol.